The molecule has 7 nitrogen and oxygen atoms in total. The van der Waals surface area contributed by atoms with E-state index in [2.05, 4.69) is 10.0 Å². The molecule has 0 saturated carbocycles. The second-order valence-corrected chi connectivity index (χ2v) is 9.14. The Hall–Kier alpha value is -3.36. The average Bonchev–Trinajstić information content (AvgIpc) is 2.80. The van der Waals surface area contributed by atoms with E-state index in [-0.39, 0.29) is 16.8 Å². The molecular formula is C24H27N3O4S. The maximum absolute atomic E-state index is 12.6. The number of amides is 1. The molecule has 1 atom stereocenters. The SMILES string of the molecule is COc1ccc(NS(=O)(=O)c2ccc(C(=O)NCC(c3ccccc3)N(C)C)cc2)cc1. The molecule has 0 aliphatic rings. The summed E-state index contributed by atoms with van der Waals surface area (Å²) in [6, 6.07) is 22.4. The fraction of sp³-hybridized carbons (Fsp3) is 0.208. The molecule has 3 rings (SSSR count). The van der Waals surface area contributed by atoms with Crippen LogP contribution < -0.4 is 14.8 Å². The summed E-state index contributed by atoms with van der Waals surface area (Å²) in [5, 5.41) is 2.93. The third kappa shape index (κ3) is 5.87. The van der Waals surface area contributed by atoms with Crippen LogP contribution in [-0.4, -0.2) is 47.0 Å². The number of nitrogens with zero attached hydrogens (tertiary/aromatic N) is 1. The fourth-order valence-electron chi connectivity index (χ4n) is 3.22. The molecule has 0 bridgehead atoms. The first-order chi connectivity index (χ1) is 15.3. The molecule has 3 aromatic carbocycles. The highest BCUT2D eigenvalue weighted by Crippen LogP contribution is 2.20. The number of likely N-dealkylation sites (N-methyl/N-ethyl adjacent to an activating group) is 1. The monoisotopic (exact) mass is 453 g/mol. The van der Waals surface area contributed by atoms with Crippen LogP contribution in [0.3, 0.4) is 0 Å². The van der Waals surface area contributed by atoms with Crippen molar-refractivity contribution in [2.75, 3.05) is 32.5 Å². The van der Waals surface area contributed by atoms with E-state index in [0.717, 1.165) is 5.56 Å². The average molecular weight is 454 g/mol. The Bertz CT molecular complexity index is 1130. The first-order valence-electron chi connectivity index (χ1n) is 10.1. The maximum Gasteiger partial charge on any atom is 0.261 e. The zero-order valence-corrected chi connectivity index (χ0v) is 19.1. The molecule has 0 heterocycles. The maximum atomic E-state index is 12.6. The van der Waals surface area contributed by atoms with Crippen molar-refractivity contribution in [2.24, 2.45) is 0 Å². The lowest BCUT2D eigenvalue weighted by Gasteiger charge is -2.25. The summed E-state index contributed by atoms with van der Waals surface area (Å²) in [7, 11) is 1.68. The molecule has 0 aliphatic carbocycles. The lowest BCUT2D eigenvalue weighted by Crippen LogP contribution is -2.34. The van der Waals surface area contributed by atoms with Crippen LogP contribution in [0, 0.1) is 0 Å². The van der Waals surface area contributed by atoms with Gasteiger partial charge in [-0.25, -0.2) is 8.42 Å². The van der Waals surface area contributed by atoms with Crippen molar-refractivity contribution in [1.29, 1.82) is 0 Å². The van der Waals surface area contributed by atoms with E-state index in [1.165, 1.54) is 24.3 Å². The van der Waals surface area contributed by atoms with Crippen molar-refractivity contribution < 1.29 is 17.9 Å². The Morgan fingerprint density at radius 3 is 2.12 bits per heavy atom. The molecule has 3 aromatic rings. The van der Waals surface area contributed by atoms with Gasteiger partial charge in [-0.05, 0) is 68.2 Å². The molecule has 32 heavy (non-hydrogen) atoms. The zero-order valence-electron chi connectivity index (χ0n) is 18.3. The number of carbonyl (C=O) groups excluding carboxylic acids is 1. The molecule has 0 aliphatic heterocycles. The molecule has 0 saturated heterocycles. The zero-order chi connectivity index (χ0) is 23.1. The van der Waals surface area contributed by atoms with Gasteiger partial charge in [-0.15, -0.1) is 0 Å². The first kappa shape index (κ1) is 23.3. The van der Waals surface area contributed by atoms with Gasteiger partial charge in [0.2, 0.25) is 0 Å². The van der Waals surface area contributed by atoms with Gasteiger partial charge in [-0.2, -0.15) is 0 Å². The van der Waals surface area contributed by atoms with Crippen LogP contribution in [0.2, 0.25) is 0 Å². The molecule has 0 radical (unpaired) electrons. The minimum absolute atomic E-state index is 0.0218. The summed E-state index contributed by atoms with van der Waals surface area (Å²) in [6.45, 7) is 0.426. The molecule has 0 spiro atoms. The van der Waals surface area contributed by atoms with E-state index < -0.39 is 10.0 Å². The van der Waals surface area contributed by atoms with Crippen LogP contribution >= 0.6 is 0 Å². The number of nitrogens with one attached hydrogen (secondary N) is 2. The Labute approximate surface area is 189 Å². The van der Waals surface area contributed by atoms with Crippen molar-refractivity contribution in [1.82, 2.24) is 10.2 Å². The van der Waals surface area contributed by atoms with Gasteiger partial charge < -0.3 is 15.0 Å². The van der Waals surface area contributed by atoms with Crippen LogP contribution in [0.1, 0.15) is 22.0 Å². The molecule has 168 valence electrons. The molecule has 1 amide bonds. The van der Waals surface area contributed by atoms with Crippen molar-refractivity contribution in [3.8, 4) is 5.75 Å². The number of hydrogen-bond acceptors (Lipinski definition) is 5. The lowest BCUT2D eigenvalue weighted by molar-refractivity contribution is 0.0942. The smallest absolute Gasteiger partial charge is 0.261 e. The van der Waals surface area contributed by atoms with Crippen molar-refractivity contribution in [3.05, 3.63) is 90.0 Å². The Kier molecular flexibility index (Phi) is 7.50. The van der Waals surface area contributed by atoms with Gasteiger partial charge in [0.1, 0.15) is 5.75 Å². The second kappa shape index (κ2) is 10.3. The number of anilines is 1. The highest BCUT2D eigenvalue weighted by atomic mass is 32.2. The number of benzene rings is 3. The van der Waals surface area contributed by atoms with Crippen LogP contribution in [0.25, 0.3) is 0 Å². The van der Waals surface area contributed by atoms with E-state index in [1.54, 1.807) is 31.4 Å². The number of sulfonamides is 1. The highest BCUT2D eigenvalue weighted by molar-refractivity contribution is 7.92. The Morgan fingerprint density at radius 1 is 0.938 bits per heavy atom. The summed E-state index contributed by atoms with van der Waals surface area (Å²) >= 11 is 0. The predicted octanol–water partition coefficient (Wildman–Crippen LogP) is 3.53. The fourth-order valence-corrected chi connectivity index (χ4v) is 4.28. The van der Waals surface area contributed by atoms with Gasteiger partial charge in [-0.3, -0.25) is 9.52 Å². The third-order valence-corrected chi connectivity index (χ3v) is 6.43. The normalized spacial score (nSPS) is 12.2. The molecule has 8 heteroatoms. The van der Waals surface area contributed by atoms with Crippen LogP contribution in [0.4, 0.5) is 5.69 Å². The third-order valence-electron chi connectivity index (χ3n) is 5.03. The Morgan fingerprint density at radius 2 is 1.56 bits per heavy atom. The summed E-state index contributed by atoms with van der Waals surface area (Å²) in [6.07, 6.45) is 0. The number of hydrogen-bond donors (Lipinski definition) is 2. The first-order valence-corrected chi connectivity index (χ1v) is 11.5. The number of ether oxygens (including phenoxy) is 1. The number of methoxy groups -OCH3 is 1. The largest absolute Gasteiger partial charge is 0.497 e. The lowest BCUT2D eigenvalue weighted by atomic mass is 10.1. The van der Waals surface area contributed by atoms with E-state index >= 15 is 0 Å². The van der Waals surface area contributed by atoms with Crippen molar-refractivity contribution in [2.45, 2.75) is 10.9 Å². The van der Waals surface area contributed by atoms with Gasteiger partial charge in [0, 0.05) is 17.8 Å². The van der Waals surface area contributed by atoms with Gasteiger partial charge in [0.15, 0.2) is 0 Å². The van der Waals surface area contributed by atoms with Gasteiger partial charge >= 0.3 is 0 Å². The molecule has 0 aromatic heterocycles. The molecule has 2 N–H and O–H groups in total. The van der Waals surface area contributed by atoms with E-state index in [9.17, 15) is 13.2 Å². The number of carbonyl (C=O) groups is 1. The van der Waals surface area contributed by atoms with E-state index in [1.807, 2.05) is 49.3 Å². The van der Waals surface area contributed by atoms with Crippen molar-refractivity contribution >= 4 is 21.6 Å². The summed E-state index contributed by atoms with van der Waals surface area (Å²) in [4.78, 5) is 14.7. The standard InChI is InChI=1S/C24H27N3O4S/c1-27(2)23(18-7-5-4-6-8-18)17-25-24(28)19-9-15-22(16-10-19)32(29,30)26-20-11-13-21(31-3)14-12-20/h4-16,23,26H,17H2,1-3H3,(H,25,28). The van der Waals surface area contributed by atoms with Crippen LogP contribution in [0.5, 0.6) is 5.75 Å². The van der Waals surface area contributed by atoms with Crippen LogP contribution in [0.15, 0.2) is 83.8 Å². The Balaban J connectivity index is 1.65. The molecular weight excluding hydrogens is 426 g/mol. The summed E-state index contributed by atoms with van der Waals surface area (Å²) in [5.74, 6) is 0.368. The predicted molar refractivity (Wildman–Crippen MR) is 125 cm³/mol. The van der Waals surface area contributed by atoms with Gasteiger partial charge in [0.25, 0.3) is 15.9 Å². The minimum Gasteiger partial charge on any atom is -0.497 e. The highest BCUT2D eigenvalue weighted by Gasteiger charge is 2.18. The summed E-state index contributed by atoms with van der Waals surface area (Å²) < 4.78 is 32.9. The van der Waals surface area contributed by atoms with Gasteiger partial charge in [0.05, 0.1) is 18.0 Å². The van der Waals surface area contributed by atoms with Crippen LogP contribution in [-0.2, 0) is 10.0 Å². The molecule has 1 unspecified atom stereocenters. The topological polar surface area (TPSA) is 87.7 Å². The molecule has 0 fully saturated rings. The van der Waals surface area contributed by atoms with E-state index in [4.69, 9.17) is 4.74 Å². The van der Waals surface area contributed by atoms with Gasteiger partial charge in [-0.1, -0.05) is 30.3 Å². The second-order valence-electron chi connectivity index (χ2n) is 7.46. The summed E-state index contributed by atoms with van der Waals surface area (Å²) in [5.41, 5.74) is 1.91. The quantitative estimate of drug-likeness (QED) is 0.518. The van der Waals surface area contributed by atoms with Crippen molar-refractivity contribution in [3.63, 3.8) is 0 Å². The number of rotatable bonds is 9. The van der Waals surface area contributed by atoms with E-state index in [0.29, 0.717) is 23.5 Å². The minimum atomic E-state index is -3.78.